The standard InChI is InChI=1S/C50H49N9O6/c1-31(2)45(49(64)51-35-17-11-25-58(27-35)29-43(60)54-39-21-9-15-33-13-5-7-19-37(33)39)56-47(62)41-23-24-42(53-41)48(63)57-46(32(3)4)50(65)52-36-18-12-26-59(28-36)30-44(61)55-40-22-10-16-34-14-6-8-20-38(34)40/h5-28,31-32,45-46H,29-30H2,1-4H3,(H5-2,51,52,53,54,55,56,57,60,61,62,63,64,65)/p+2/t45-,46-/m0/s1. The number of rotatable bonds is 16. The molecule has 0 bridgehead atoms. The number of benzene rings is 4. The summed E-state index contributed by atoms with van der Waals surface area (Å²) in [6, 6.07) is 34.6. The largest absolute Gasteiger partial charge is 0.347 e. The number of carbonyl (C=O) groups excluding carboxylic acids is 6. The zero-order valence-corrected chi connectivity index (χ0v) is 36.4. The lowest BCUT2D eigenvalue weighted by atomic mass is 10.0. The van der Waals surface area contributed by atoms with Crippen LogP contribution in [0.1, 0.15) is 48.7 Å². The van der Waals surface area contributed by atoms with Gasteiger partial charge >= 0.3 is 0 Å². The summed E-state index contributed by atoms with van der Waals surface area (Å²) in [5.74, 6) is -3.33. The Bertz CT molecular complexity index is 2700. The Hall–Kier alpha value is -8.20. The molecule has 4 aromatic carbocycles. The normalized spacial score (nSPS) is 12.0. The number of carbonyl (C=O) groups is 6. The van der Waals surface area contributed by atoms with Gasteiger partial charge in [-0.15, -0.1) is 0 Å². The number of nitrogens with zero attached hydrogens (tertiary/aromatic N) is 2. The Balaban J connectivity index is 0.919. The minimum atomic E-state index is -0.962. The summed E-state index contributed by atoms with van der Waals surface area (Å²) in [7, 11) is 0. The van der Waals surface area contributed by atoms with E-state index >= 15 is 0 Å². The molecule has 0 fully saturated rings. The number of anilines is 4. The quantitative estimate of drug-likeness (QED) is 0.0585. The number of aromatic amines is 1. The lowest BCUT2D eigenvalue weighted by Gasteiger charge is -2.21. The third-order valence-corrected chi connectivity index (χ3v) is 10.7. The summed E-state index contributed by atoms with van der Waals surface area (Å²) < 4.78 is 3.29. The van der Waals surface area contributed by atoms with Crippen LogP contribution in [0.3, 0.4) is 0 Å². The van der Waals surface area contributed by atoms with Gasteiger partial charge in [-0.2, -0.15) is 9.13 Å². The van der Waals surface area contributed by atoms with Crippen molar-refractivity contribution in [3.05, 3.63) is 158 Å². The van der Waals surface area contributed by atoms with Gasteiger partial charge in [0.1, 0.15) is 34.8 Å². The zero-order valence-electron chi connectivity index (χ0n) is 36.4. The number of fused-ring (bicyclic) bond motifs is 2. The van der Waals surface area contributed by atoms with E-state index in [1.54, 1.807) is 85.9 Å². The number of hydrogen-bond donors (Lipinski definition) is 7. The van der Waals surface area contributed by atoms with Crippen molar-refractivity contribution in [2.24, 2.45) is 11.8 Å². The van der Waals surface area contributed by atoms with Crippen LogP contribution in [0, 0.1) is 11.8 Å². The summed E-state index contributed by atoms with van der Waals surface area (Å²) in [6.45, 7) is 7.14. The number of aromatic nitrogens is 3. The predicted octanol–water partition coefficient (Wildman–Crippen LogP) is 5.96. The molecule has 7 N–H and O–H groups in total. The van der Waals surface area contributed by atoms with Crippen molar-refractivity contribution in [2.75, 3.05) is 21.3 Å². The second-order valence-corrected chi connectivity index (χ2v) is 16.3. The van der Waals surface area contributed by atoms with E-state index in [2.05, 4.69) is 36.9 Å². The van der Waals surface area contributed by atoms with Crippen molar-refractivity contribution >= 4 is 79.7 Å². The average Bonchev–Trinajstić information content (AvgIpc) is 3.79. The predicted molar refractivity (Wildman–Crippen MR) is 249 cm³/mol. The minimum Gasteiger partial charge on any atom is -0.347 e. The highest BCUT2D eigenvalue weighted by Crippen LogP contribution is 2.24. The summed E-state index contributed by atoms with van der Waals surface area (Å²) in [5.41, 5.74) is 2.30. The number of nitrogens with one attached hydrogen (secondary N) is 7. The van der Waals surface area contributed by atoms with Crippen LogP contribution in [0.4, 0.5) is 22.7 Å². The van der Waals surface area contributed by atoms with Gasteiger partial charge in [0.25, 0.3) is 23.6 Å². The molecule has 0 radical (unpaired) electrons. The second kappa shape index (κ2) is 20.3. The van der Waals surface area contributed by atoms with Crippen LogP contribution in [0.5, 0.6) is 0 Å². The molecule has 7 rings (SSSR count). The molecule has 6 amide bonds. The van der Waals surface area contributed by atoms with Crippen molar-refractivity contribution in [3.63, 3.8) is 0 Å². The molecule has 0 aliphatic heterocycles. The first kappa shape index (κ1) is 44.8. The van der Waals surface area contributed by atoms with Gasteiger partial charge < -0.3 is 36.9 Å². The molecule has 0 aliphatic carbocycles. The van der Waals surface area contributed by atoms with Gasteiger partial charge in [0.2, 0.25) is 24.9 Å². The monoisotopic (exact) mass is 873 g/mol. The molecule has 3 aromatic heterocycles. The first-order chi connectivity index (χ1) is 31.3. The maximum Gasteiger partial charge on any atom is 0.290 e. The van der Waals surface area contributed by atoms with Gasteiger partial charge in [-0.25, -0.2) is 0 Å². The van der Waals surface area contributed by atoms with E-state index in [4.69, 9.17) is 0 Å². The number of hydrogen-bond acceptors (Lipinski definition) is 6. The van der Waals surface area contributed by atoms with Crippen LogP contribution in [0.15, 0.2) is 146 Å². The van der Waals surface area contributed by atoms with Gasteiger partial charge in [-0.1, -0.05) is 100 Å². The van der Waals surface area contributed by atoms with Crippen LogP contribution in [0.2, 0.25) is 0 Å². The lowest BCUT2D eigenvalue weighted by Crippen LogP contribution is -2.48. The molecule has 2 atom stereocenters. The highest BCUT2D eigenvalue weighted by Gasteiger charge is 2.29. The van der Waals surface area contributed by atoms with Crippen molar-refractivity contribution in [1.29, 1.82) is 0 Å². The average molecular weight is 874 g/mol. The van der Waals surface area contributed by atoms with E-state index in [1.807, 2.05) is 84.9 Å². The molecule has 0 saturated heterocycles. The van der Waals surface area contributed by atoms with Crippen molar-refractivity contribution in [1.82, 2.24) is 15.6 Å². The molecule has 0 unspecified atom stereocenters. The van der Waals surface area contributed by atoms with Gasteiger partial charge in [-0.05, 0) is 59.0 Å². The topological polar surface area (TPSA) is 198 Å². The van der Waals surface area contributed by atoms with Crippen molar-refractivity contribution in [2.45, 2.75) is 52.9 Å². The number of amides is 6. The Morgan fingerprint density at radius 3 is 1.29 bits per heavy atom. The molecule has 65 heavy (non-hydrogen) atoms. The van der Waals surface area contributed by atoms with E-state index in [1.165, 1.54) is 12.1 Å². The molecule has 15 nitrogen and oxygen atoms in total. The van der Waals surface area contributed by atoms with E-state index in [0.717, 1.165) is 21.5 Å². The number of pyridine rings is 2. The van der Waals surface area contributed by atoms with Crippen LogP contribution in [-0.2, 0) is 32.3 Å². The third kappa shape index (κ3) is 11.4. The molecular formula is C50H51N9O6+2. The van der Waals surface area contributed by atoms with Gasteiger partial charge in [-0.3, -0.25) is 28.8 Å². The van der Waals surface area contributed by atoms with E-state index in [9.17, 15) is 28.8 Å². The van der Waals surface area contributed by atoms with Crippen LogP contribution < -0.4 is 41.0 Å². The Morgan fingerprint density at radius 1 is 0.477 bits per heavy atom. The molecule has 330 valence electrons. The van der Waals surface area contributed by atoms with Crippen LogP contribution >= 0.6 is 0 Å². The fraction of sp³-hybridized carbons (Fsp3) is 0.200. The van der Waals surface area contributed by atoms with Gasteiger partial charge in [0.15, 0.2) is 24.8 Å². The zero-order chi connectivity index (χ0) is 46.0. The maximum atomic E-state index is 13.5. The van der Waals surface area contributed by atoms with E-state index in [0.29, 0.717) is 22.7 Å². The molecule has 15 heteroatoms. The third-order valence-electron chi connectivity index (χ3n) is 10.7. The Kier molecular flexibility index (Phi) is 14.0. The highest BCUT2D eigenvalue weighted by molar-refractivity contribution is 6.05. The van der Waals surface area contributed by atoms with Gasteiger partial charge in [0.05, 0.1) is 0 Å². The fourth-order valence-corrected chi connectivity index (χ4v) is 7.38. The molecular weight excluding hydrogens is 823 g/mol. The smallest absolute Gasteiger partial charge is 0.290 e. The summed E-state index contributed by atoms with van der Waals surface area (Å²) in [4.78, 5) is 82.8. The summed E-state index contributed by atoms with van der Waals surface area (Å²) in [5, 5.41) is 21.0. The highest BCUT2D eigenvalue weighted by atomic mass is 16.2. The van der Waals surface area contributed by atoms with Crippen LogP contribution in [0.25, 0.3) is 21.5 Å². The Labute approximate surface area is 375 Å². The van der Waals surface area contributed by atoms with E-state index < -0.39 is 35.7 Å². The molecule has 0 spiro atoms. The van der Waals surface area contributed by atoms with E-state index in [-0.39, 0.29) is 48.1 Å². The SMILES string of the molecule is CC(C)[C@H](NC(=O)c1ccc(C(=O)N[C@H](C(=O)Nc2ccc[n+](CC(=O)Nc3cccc4ccccc34)c2)C(C)C)[nH]1)C(=O)Nc1ccc[n+](CC(=O)Nc2cccc3ccccc23)c1. The molecule has 0 aliphatic rings. The first-order valence-electron chi connectivity index (χ1n) is 21.3. The maximum absolute atomic E-state index is 13.5. The minimum absolute atomic E-state index is 0.00886. The lowest BCUT2D eigenvalue weighted by molar-refractivity contribution is -0.683. The van der Waals surface area contributed by atoms with Crippen molar-refractivity contribution < 1.29 is 37.9 Å². The Morgan fingerprint density at radius 2 is 0.877 bits per heavy atom. The summed E-state index contributed by atoms with van der Waals surface area (Å²) >= 11 is 0. The second-order valence-electron chi connectivity index (χ2n) is 16.3. The molecule has 3 heterocycles. The van der Waals surface area contributed by atoms with Crippen LogP contribution in [-0.4, -0.2) is 52.5 Å². The number of H-pyrrole nitrogens is 1. The fourth-order valence-electron chi connectivity index (χ4n) is 7.38. The molecule has 0 saturated carbocycles. The first-order valence-corrected chi connectivity index (χ1v) is 21.3. The van der Waals surface area contributed by atoms with Gasteiger partial charge in [0, 0.05) is 34.3 Å². The molecule has 7 aromatic rings. The summed E-state index contributed by atoms with van der Waals surface area (Å²) in [6.07, 6.45) is 6.69. The van der Waals surface area contributed by atoms with Crippen molar-refractivity contribution in [3.8, 4) is 0 Å².